The Morgan fingerprint density at radius 1 is 0.661 bits per heavy atom. The third-order valence-corrected chi connectivity index (χ3v) is 9.58. The molecule has 0 aliphatic heterocycles. The molecular weight excluding hydrogens is 717 g/mol. The molecule has 0 spiro atoms. The summed E-state index contributed by atoms with van der Waals surface area (Å²) in [4.78, 5) is 80.5. The Labute approximate surface area is 321 Å². The Kier molecular flexibility index (Phi) is 12.1. The highest BCUT2D eigenvalue weighted by molar-refractivity contribution is 5.96. The van der Waals surface area contributed by atoms with Gasteiger partial charge in [-0.3, -0.25) is 24.0 Å². The molecule has 3 aromatic heterocycles. The van der Waals surface area contributed by atoms with Crippen molar-refractivity contribution in [2.75, 3.05) is 0 Å². The van der Waals surface area contributed by atoms with E-state index in [-0.39, 0.29) is 31.4 Å². The van der Waals surface area contributed by atoms with Crippen LogP contribution in [0.4, 0.5) is 0 Å². The molecule has 0 aliphatic carbocycles. The van der Waals surface area contributed by atoms with Crippen LogP contribution in [-0.2, 0) is 49.7 Å². The van der Waals surface area contributed by atoms with Crippen molar-refractivity contribution in [2.24, 2.45) is 11.5 Å². The molecule has 6 aromatic rings. The van der Waals surface area contributed by atoms with E-state index in [9.17, 15) is 29.1 Å². The van der Waals surface area contributed by atoms with Gasteiger partial charge in [-0.1, -0.05) is 48.5 Å². The molecule has 3 heterocycles. The molecule has 56 heavy (non-hydrogen) atoms. The Morgan fingerprint density at radius 2 is 1.20 bits per heavy atom. The normalized spacial score (nSPS) is 14.0. The van der Waals surface area contributed by atoms with Crippen molar-refractivity contribution >= 4 is 51.3 Å². The third-order valence-electron chi connectivity index (χ3n) is 9.58. The van der Waals surface area contributed by atoms with Gasteiger partial charge in [0, 0.05) is 65.4 Å². The Morgan fingerprint density at radius 3 is 1.75 bits per heavy atom. The first-order valence-corrected chi connectivity index (χ1v) is 18.1. The van der Waals surface area contributed by atoms with Crippen LogP contribution in [0.15, 0.2) is 97.7 Å². The molecule has 0 aliphatic rings. The molecule has 5 atom stereocenters. The minimum atomic E-state index is -1.19. The maximum Gasteiger partial charge on any atom is 0.243 e. The predicted molar refractivity (Wildman–Crippen MR) is 209 cm³/mol. The van der Waals surface area contributed by atoms with Crippen LogP contribution < -0.4 is 32.7 Å². The fourth-order valence-electron chi connectivity index (χ4n) is 6.50. The molecule has 0 bridgehead atoms. The highest BCUT2D eigenvalue weighted by Gasteiger charge is 2.31. The lowest BCUT2D eigenvalue weighted by molar-refractivity contribution is -0.134. The van der Waals surface area contributed by atoms with Crippen LogP contribution in [0.25, 0.3) is 21.8 Å². The molecule has 0 radical (unpaired) electrons. The number of amides is 5. The number of aromatic amines is 3. The van der Waals surface area contributed by atoms with E-state index in [1.165, 1.54) is 31.6 Å². The van der Waals surface area contributed by atoms with Gasteiger partial charge in [0.05, 0.1) is 12.4 Å². The second-order valence-corrected chi connectivity index (χ2v) is 13.7. The number of aromatic hydroxyl groups is 1. The van der Waals surface area contributed by atoms with E-state index >= 15 is 0 Å². The van der Waals surface area contributed by atoms with Crippen molar-refractivity contribution in [3.8, 4) is 5.75 Å². The zero-order valence-corrected chi connectivity index (χ0v) is 30.5. The average Bonchev–Trinajstić information content (AvgIpc) is 3.95. The number of rotatable bonds is 17. The molecule has 5 amide bonds. The smallest absolute Gasteiger partial charge is 0.243 e. The second-order valence-electron chi connectivity index (χ2n) is 13.7. The average molecular weight is 761 g/mol. The quantitative estimate of drug-likeness (QED) is 0.0642. The number of primary amides is 1. The first-order valence-electron chi connectivity index (χ1n) is 18.1. The predicted octanol–water partition coefficient (Wildman–Crippen LogP) is 1.12. The number of phenols is 1. The van der Waals surface area contributed by atoms with E-state index in [1.807, 2.05) is 48.5 Å². The summed E-state index contributed by atoms with van der Waals surface area (Å²) >= 11 is 0. The molecule has 6 rings (SSSR count). The maximum absolute atomic E-state index is 13.9. The molecule has 0 fully saturated rings. The number of nitrogens with zero attached hydrogens (tertiary/aromatic N) is 1. The Hall–Kier alpha value is -6.94. The topological polar surface area (TPSA) is 266 Å². The van der Waals surface area contributed by atoms with Gasteiger partial charge in [0.15, 0.2) is 0 Å². The molecule has 0 unspecified atom stereocenters. The number of para-hydroxylation sites is 2. The lowest BCUT2D eigenvalue weighted by atomic mass is 10.0. The van der Waals surface area contributed by atoms with Gasteiger partial charge in [0.2, 0.25) is 29.5 Å². The number of fused-ring (bicyclic) bond motifs is 2. The van der Waals surface area contributed by atoms with Crippen molar-refractivity contribution in [3.63, 3.8) is 0 Å². The number of phenolic OH excluding ortho intramolecular Hbond substituents is 1. The molecule has 290 valence electrons. The third kappa shape index (κ3) is 9.58. The summed E-state index contributed by atoms with van der Waals surface area (Å²) in [6.45, 7) is 1.46. The van der Waals surface area contributed by atoms with Crippen LogP contribution in [0.2, 0.25) is 0 Å². The second kappa shape index (κ2) is 17.5. The van der Waals surface area contributed by atoms with Crippen molar-refractivity contribution in [3.05, 3.63) is 120 Å². The maximum atomic E-state index is 13.9. The van der Waals surface area contributed by atoms with Crippen LogP contribution in [0.1, 0.15) is 29.3 Å². The van der Waals surface area contributed by atoms with E-state index in [0.717, 1.165) is 32.9 Å². The van der Waals surface area contributed by atoms with E-state index in [2.05, 4.69) is 41.2 Å². The molecule has 16 heteroatoms. The number of carbonyl (C=O) groups excluding carboxylic acids is 5. The summed E-state index contributed by atoms with van der Waals surface area (Å²) < 4.78 is 0. The summed E-state index contributed by atoms with van der Waals surface area (Å²) in [6, 6.07) is 15.6. The molecule has 0 saturated carbocycles. The largest absolute Gasteiger partial charge is 0.508 e. The number of nitrogens with one attached hydrogen (secondary N) is 7. The van der Waals surface area contributed by atoms with Crippen molar-refractivity contribution < 1.29 is 29.1 Å². The van der Waals surface area contributed by atoms with Crippen LogP contribution in [0, 0.1) is 0 Å². The summed E-state index contributed by atoms with van der Waals surface area (Å²) in [6.07, 6.45) is 6.73. The number of hydrogen-bond donors (Lipinski definition) is 10. The van der Waals surface area contributed by atoms with E-state index in [4.69, 9.17) is 11.5 Å². The van der Waals surface area contributed by atoms with Gasteiger partial charge in [-0.15, -0.1) is 0 Å². The molecule has 3 aromatic carbocycles. The molecule has 12 N–H and O–H groups in total. The highest BCUT2D eigenvalue weighted by Crippen LogP contribution is 2.21. The van der Waals surface area contributed by atoms with Gasteiger partial charge in [-0.25, -0.2) is 4.98 Å². The van der Waals surface area contributed by atoms with Gasteiger partial charge in [0.1, 0.15) is 29.9 Å². The van der Waals surface area contributed by atoms with Crippen LogP contribution in [0.3, 0.4) is 0 Å². The highest BCUT2D eigenvalue weighted by atomic mass is 16.3. The van der Waals surface area contributed by atoms with Gasteiger partial charge in [-0.2, -0.15) is 0 Å². The van der Waals surface area contributed by atoms with Gasteiger partial charge in [0.25, 0.3) is 0 Å². The summed E-state index contributed by atoms with van der Waals surface area (Å²) in [5.74, 6) is -3.32. The van der Waals surface area contributed by atoms with Crippen molar-refractivity contribution in [1.29, 1.82) is 0 Å². The van der Waals surface area contributed by atoms with E-state index < -0.39 is 59.7 Å². The lowest BCUT2D eigenvalue weighted by Crippen LogP contribution is -2.59. The monoisotopic (exact) mass is 760 g/mol. The zero-order valence-electron chi connectivity index (χ0n) is 30.5. The summed E-state index contributed by atoms with van der Waals surface area (Å²) in [7, 11) is 0. The van der Waals surface area contributed by atoms with E-state index in [0.29, 0.717) is 11.3 Å². The number of imidazole rings is 1. The number of nitrogens with two attached hydrogens (primary N) is 2. The molecular formula is C40H44N10O6. The minimum Gasteiger partial charge on any atom is -0.508 e. The SMILES string of the molecule is C[C@H](NC(=O)[C@@H](Cc1c[nH]c2ccccc12)NC(=O)[C@@H](N)Cc1ccc(O)cc1)C(=O)N[C@@H](Cc1c[nH]c2ccccc12)C(=O)N[C@H](Cc1cnc[nH]1)C(N)=O. The Bertz CT molecular complexity index is 2320. The fourth-order valence-corrected chi connectivity index (χ4v) is 6.50. The first-order chi connectivity index (χ1) is 26.9. The summed E-state index contributed by atoms with van der Waals surface area (Å²) in [5, 5.41) is 22.2. The standard InChI is InChI=1S/C40H44N10O6/c1-22(37(53)49-35(16-25-19-45-32-9-5-3-7-29(25)32)40(56)48-33(36(42)52)17-26-20-43-21-46-26)47-39(55)34(15-24-18-44-31-8-4-2-6-28(24)31)50-38(54)30(41)14-23-10-12-27(51)13-11-23/h2-13,18-22,30,33-35,44-45,51H,14-17,41H2,1H3,(H2,42,52)(H,43,46)(H,47,55)(H,48,56)(H,49,53)(H,50,54)/t22-,30-,33+,34+,35-/m0/s1. The van der Waals surface area contributed by atoms with Gasteiger partial charge in [-0.05, 0) is 54.3 Å². The van der Waals surface area contributed by atoms with Gasteiger partial charge < -0.3 is 52.8 Å². The van der Waals surface area contributed by atoms with Crippen LogP contribution in [0.5, 0.6) is 5.75 Å². The number of hydrogen-bond acceptors (Lipinski definition) is 8. The summed E-state index contributed by atoms with van der Waals surface area (Å²) in [5.41, 5.74) is 16.3. The number of benzene rings is 3. The van der Waals surface area contributed by atoms with Crippen LogP contribution >= 0.6 is 0 Å². The number of aromatic nitrogens is 4. The zero-order chi connectivity index (χ0) is 39.8. The fraction of sp³-hybridized carbons (Fsp3) is 0.250. The number of carbonyl (C=O) groups is 5. The molecule has 0 saturated heterocycles. The van der Waals surface area contributed by atoms with Crippen molar-refractivity contribution in [1.82, 2.24) is 41.2 Å². The van der Waals surface area contributed by atoms with E-state index in [1.54, 1.807) is 24.5 Å². The van der Waals surface area contributed by atoms with Crippen molar-refractivity contribution in [2.45, 2.75) is 62.8 Å². The lowest BCUT2D eigenvalue weighted by Gasteiger charge is -2.25. The molecule has 16 nitrogen and oxygen atoms in total. The van der Waals surface area contributed by atoms with Gasteiger partial charge >= 0.3 is 0 Å². The minimum absolute atomic E-state index is 0.0377. The Balaban J connectivity index is 1.18. The first kappa shape index (κ1) is 38.8. The number of H-pyrrole nitrogens is 3. The van der Waals surface area contributed by atoms with Crippen LogP contribution in [-0.4, -0.2) is 84.8 Å².